The molecule has 0 radical (unpaired) electrons. The Morgan fingerprint density at radius 2 is 1.15 bits per heavy atom. The van der Waals surface area contributed by atoms with Crippen molar-refractivity contribution in [3.8, 4) is 5.75 Å². The summed E-state index contributed by atoms with van der Waals surface area (Å²) in [4.78, 5) is 7.15. The van der Waals surface area contributed by atoms with E-state index in [0.29, 0.717) is 5.75 Å². The Labute approximate surface area is 180 Å². The number of aromatic hydroxyl groups is 1. The highest BCUT2D eigenvalue weighted by Gasteiger charge is 2.21. The van der Waals surface area contributed by atoms with Gasteiger partial charge >= 0.3 is 0 Å². The molecule has 0 unspecified atom stereocenters. The van der Waals surface area contributed by atoms with Crippen LogP contribution < -0.4 is 14.7 Å². The molecule has 2 heterocycles. The molecule has 4 rings (SSSR count). The average Bonchev–Trinajstić information content (AvgIpc) is 3.18. The Balaban J connectivity index is 0.00000121. The Morgan fingerprint density at radius 1 is 0.593 bits per heavy atom. The minimum absolute atomic E-state index is 0. The van der Waals surface area contributed by atoms with Crippen LogP contribution in [0, 0.1) is 0 Å². The molecule has 0 bridgehead atoms. The molecule has 27 heavy (non-hydrogen) atoms. The van der Waals surface area contributed by atoms with Crippen molar-refractivity contribution in [2.75, 3.05) is 54.0 Å². The van der Waals surface area contributed by atoms with Crippen LogP contribution in [-0.4, -0.2) is 44.4 Å². The predicted molar refractivity (Wildman–Crippen MR) is 122 cm³/mol. The summed E-state index contributed by atoms with van der Waals surface area (Å²) < 4.78 is 0. The van der Waals surface area contributed by atoms with E-state index in [1.807, 2.05) is 12.1 Å². The second-order valence-electron chi connectivity index (χ2n) is 6.68. The van der Waals surface area contributed by atoms with E-state index in [0.717, 1.165) is 45.0 Å². The average molecular weight is 433 g/mol. The maximum atomic E-state index is 10.3. The molecule has 2 saturated heterocycles. The third-order valence-electron chi connectivity index (χ3n) is 5.17. The fourth-order valence-corrected chi connectivity index (χ4v) is 3.78. The first-order valence-electron chi connectivity index (χ1n) is 8.94. The number of benzene rings is 2. The Kier molecular flexibility index (Phi) is 9.37. The minimum Gasteiger partial charge on any atom is -0.506 e. The quantitative estimate of drug-likeness (QED) is 0.768. The number of anilines is 3. The van der Waals surface area contributed by atoms with E-state index in [-0.39, 0.29) is 37.2 Å². The van der Waals surface area contributed by atoms with Crippen LogP contribution in [0.5, 0.6) is 5.75 Å². The number of phenols is 1. The van der Waals surface area contributed by atoms with Crippen LogP contribution in [0.2, 0.25) is 0 Å². The molecule has 4 nitrogen and oxygen atoms in total. The molecule has 2 aliphatic rings. The number of para-hydroxylation sites is 1. The molecule has 0 atom stereocenters. The highest BCUT2D eigenvalue weighted by molar-refractivity contribution is 5.86. The van der Waals surface area contributed by atoms with Crippen molar-refractivity contribution >= 4 is 54.3 Å². The maximum Gasteiger partial charge on any atom is 0.139 e. The largest absolute Gasteiger partial charge is 0.506 e. The zero-order chi connectivity index (χ0) is 16.4. The molecular weight excluding hydrogens is 405 g/mol. The first-order chi connectivity index (χ1) is 11.8. The summed E-state index contributed by atoms with van der Waals surface area (Å²) in [5.74, 6) is 0.395. The Morgan fingerprint density at radius 3 is 1.78 bits per heavy atom. The van der Waals surface area contributed by atoms with Crippen molar-refractivity contribution in [2.24, 2.45) is 0 Å². The lowest BCUT2D eigenvalue weighted by Gasteiger charge is -2.38. The summed E-state index contributed by atoms with van der Waals surface area (Å²) in [5, 5.41) is 10.3. The number of rotatable bonds is 3. The zero-order valence-electron chi connectivity index (χ0n) is 15.3. The highest BCUT2D eigenvalue weighted by Crippen LogP contribution is 2.34. The molecule has 7 heteroatoms. The molecule has 150 valence electrons. The SMILES string of the molecule is Cl.Cl.Cl.Oc1ccc(N2CCCC2)cc1N1CCN(c2ccccc2)CC1. The third kappa shape index (κ3) is 5.28. The van der Waals surface area contributed by atoms with E-state index >= 15 is 0 Å². The van der Waals surface area contributed by atoms with Gasteiger partial charge in [-0.05, 0) is 43.2 Å². The molecule has 2 fully saturated rings. The van der Waals surface area contributed by atoms with Crippen LogP contribution in [0.4, 0.5) is 17.1 Å². The molecule has 0 aliphatic carbocycles. The second-order valence-corrected chi connectivity index (χ2v) is 6.68. The summed E-state index contributed by atoms with van der Waals surface area (Å²) in [6.07, 6.45) is 2.54. The van der Waals surface area contributed by atoms with E-state index in [9.17, 15) is 5.11 Å². The van der Waals surface area contributed by atoms with E-state index < -0.39 is 0 Å². The van der Waals surface area contributed by atoms with Gasteiger partial charge in [0.1, 0.15) is 5.75 Å². The highest BCUT2D eigenvalue weighted by atomic mass is 35.5. The topological polar surface area (TPSA) is 30.0 Å². The van der Waals surface area contributed by atoms with Gasteiger partial charge in [0.2, 0.25) is 0 Å². The van der Waals surface area contributed by atoms with Gasteiger partial charge in [-0.15, -0.1) is 37.2 Å². The van der Waals surface area contributed by atoms with Gasteiger partial charge in [0.15, 0.2) is 0 Å². The fraction of sp³-hybridized carbons (Fsp3) is 0.400. The first-order valence-corrected chi connectivity index (χ1v) is 8.94. The van der Waals surface area contributed by atoms with Crippen LogP contribution in [0.3, 0.4) is 0 Å². The first kappa shape index (κ1) is 23.5. The van der Waals surface area contributed by atoms with Gasteiger partial charge in [0.05, 0.1) is 5.69 Å². The van der Waals surface area contributed by atoms with Crippen LogP contribution >= 0.6 is 37.2 Å². The second kappa shape index (κ2) is 10.7. The van der Waals surface area contributed by atoms with Crippen LogP contribution in [0.1, 0.15) is 12.8 Å². The zero-order valence-corrected chi connectivity index (χ0v) is 17.7. The predicted octanol–water partition coefficient (Wildman–Crippen LogP) is 4.58. The number of phenolic OH excluding ortho intramolecular Hbond substituents is 1. The van der Waals surface area contributed by atoms with Gasteiger partial charge in [0.25, 0.3) is 0 Å². The third-order valence-corrected chi connectivity index (χ3v) is 5.17. The van der Waals surface area contributed by atoms with Crippen LogP contribution in [-0.2, 0) is 0 Å². The molecule has 0 spiro atoms. The lowest BCUT2D eigenvalue weighted by atomic mass is 10.2. The van der Waals surface area contributed by atoms with Crippen molar-refractivity contribution in [1.29, 1.82) is 0 Å². The lowest BCUT2D eigenvalue weighted by Crippen LogP contribution is -2.46. The van der Waals surface area contributed by atoms with Gasteiger partial charge in [-0.25, -0.2) is 0 Å². The van der Waals surface area contributed by atoms with Gasteiger partial charge in [-0.3, -0.25) is 0 Å². The molecule has 1 N–H and O–H groups in total. The molecule has 2 aromatic carbocycles. The van der Waals surface area contributed by atoms with Crippen molar-refractivity contribution < 1.29 is 5.11 Å². The molecule has 0 amide bonds. The van der Waals surface area contributed by atoms with E-state index in [1.165, 1.54) is 24.2 Å². The van der Waals surface area contributed by atoms with E-state index in [1.54, 1.807) is 0 Å². The fourth-order valence-electron chi connectivity index (χ4n) is 3.78. The summed E-state index contributed by atoms with van der Waals surface area (Å²) in [6, 6.07) is 16.6. The minimum atomic E-state index is 0. The van der Waals surface area contributed by atoms with Gasteiger partial charge in [-0.1, -0.05) is 18.2 Å². The Hall–Kier alpha value is -1.49. The van der Waals surface area contributed by atoms with Gasteiger partial charge in [0, 0.05) is 50.6 Å². The van der Waals surface area contributed by atoms with E-state index in [4.69, 9.17) is 0 Å². The van der Waals surface area contributed by atoms with Crippen LogP contribution in [0.25, 0.3) is 0 Å². The smallest absolute Gasteiger partial charge is 0.139 e. The van der Waals surface area contributed by atoms with Crippen molar-refractivity contribution in [3.63, 3.8) is 0 Å². The maximum absolute atomic E-state index is 10.3. The summed E-state index contributed by atoms with van der Waals surface area (Å²) in [5.41, 5.74) is 3.50. The summed E-state index contributed by atoms with van der Waals surface area (Å²) in [6.45, 7) is 6.10. The van der Waals surface area contributed by atoms with Crippen molar-refractivity contribution in [2.45, 2.75) is 12.8 Å². The monoisotopic (exact) mass is 431 g/mol. The number of halogens is 3. The lowest BCUT2D eigenvalue weighted by molar-refractivity contribution is 0.472. The normalized spacial score (nSPS) is 16.2. The number of hydrogen-bond donors (Lipinski definition) is 1. The molecule has 2 aliphatic heterocycles. The van der Waals surface area contributed by atoms with Gasteiger partial charge in [-0.2, -0.15) is 0 Å². The molecule has 0 aromatic heterocycles. The van der Waals surface area contributed by atoms with E-state index in [2.05, 4.69) is 51.1 Å². The van der Waals surface area contributed by atoms with Crippen molar-refractivity contribution in [3.05, 3.63) is 48.5 Å². The number of nitrogens with zero attached hydrogens (tertiary/aromatic N) is 3. The molecule has 0 saturated carbocycles. The Bertz CT molecular complexity index is 688. The molecule has 2 aromatic rings. The van der Waals surface area contributed by atoms with Crippen LogP contribution in [0.15, 0.2) is 48.5 Å². The summed E-state index contributed by atoms with van der Waals surface area (Å²) in [7, 11) is 0. The summed E-state index contributed by atoms with van der Waals surface area (Å²) >= 11 is 0. The standard InChI is InChI=1S/C20H25N3O.3ClH/c24-20-9-8-18(21-10-4-5-11-21)16-19(20)23-14-12-22(13-15-23)17-6-2-1-3-7-17;;;/h1-3,6-9,16,24H,4-5,10-15H2;3*1H. The number of hydrogen-bond acceptors (Lipinski definition) is 4. The van der Waals surface area contributed by atoms with Crippen molar-refractivity contribution in [1.82, 2.24) is 0 Å². The van der Waals surface area contributed by atoms with Gasteiger partial charge < -0.3 is 19.8 Å². The molecular formula is C20H28Cl3N3O. The number of piperazine rings is 1.